The zero-order chi connectivity index (χ0) is 61.9. The molecule has 9 heteroatoms. The molecule has 0 aromatic carbocycles. The van der Waals surface area contributed by atoms with E-state index in [-0.39, 0.29) is 38.2 Å². The van der Waals surface area contributed by atoms with Crippen LogP contribution in [0.3, 0.4) is 0 Å². The largest absolute Gasteiger partial charge is 0.477 e. The number of quaternary nitrogens is 1. The summed E-state index contributed by atoms with van der Waals surface area (Å²) in [7, 11) is 5.99. The highest BCUT2D eigenvalue weighted by atomic mass is 16.7. The van der Waals surface area contributed by atoms with Crippen molar-refractivity contribution in [1.82, 2.24) is 0 Å². The van der Waals surface area contributed by atoms with Crippen molar-refractivity contribution in [3.63, 3.8) is 0 Å². The third-order valence-electron chi connectivity index (χ3n) is 16.9. The van der Waals surface area contributed by atoms with E-state index in [0.717, 1.165) is 51.4 Å². The maximum Gasteiger partial charge on any atom is 0.361 e. The van der Waals surface area contributed by atoms with Crippen molar-refractivity contribution >= 4 is 17.9 Å². The Morgan fingerprint density at radius 3 is 0.941 bits per heavy atom. The average Bonchev–Trinajstić information content (AvgIpc) is 3.49. The number of carboxylic acids is 1. The molecule has 0 spiro atoms. The predicted octanol–water partition coefficient (Wildman–Crippen LogP) is 23.1. The van der Waals surface area contributed by atoms with Crippen LogP contribution in [-0.2, 0) is 33.3 Å². The third-order valence-corrected chi connectivity index (χ3v) is 16.9. The van der Waals surface area contributed by atoms with Gasteiger partial charge in [-0.2, -0.15) is 0 Å². The first-order chi connectivity index (χ1) is 41.6. The van der Waals surface area contributed by atoms with Gasteiger partial charge in [-0.3, -0.25) is 9.59 Å². The quantitative estimate of drug-likeness (QED) is 0.0211. The molecule has 0 rings (SSSR count). The second-order valence-corrected chi connectivity index (χ2v) is 26.6. The number of ether oxygens (including phenoxy) is 4. The minimum Gasteiger partial charge on any atom is -0.477 e. The summed E-state index contributed by atoms with van der Waals surface area (Å²) in [6, 6.07) is 0. The molecule has 0 aliphatic rings. The molecule has 85 heavy (non-hydrogen) atoms. The number of unbranched alkanes of at least 4 members (excludes halogenated alkanes) is 49. The van der Waals surface area contributed by atoms with E-state index in [0.29, 0.717) is 17.4 Å². The van der Waals surface area contributed by atoms with Gasteiger partial charge < -0.3 is 28.5 Å². The number of hydrogen-bond acceptors (Lipinski definition) is 7. The Morgan fingerprint density at radius 2 is 0.635 bits per heavy atom. The van der Waals surface area contributed by atoms with Gasteiger partial charge in [0.15, 0.2) is 6.10 Å². The van der Waals surface area contributed by atoms with Gasteiger partial charge in [0, 0.05) is 12.8 Å². The van der Waals surface area contributed by atoms with Crippen molar-refractivity contribution in [2.45, 2.75) is 386 Å². The maximum absolute atomic E-state index is 13.0. The molecule has 0 aliphatic heterocycles. The van der Waals surface area contributed by atoms with Gasteiger partial charge in [0.25, 0.3) is 6.29 Å². The smallest absolute Gasteiger partial charge is 0.361 e. The van der Waals surface area contributed by atoms with E-state index in [9.17, 15) is 19.5 Å². The molecule has 500 valence electrons. The van der Waals surface area contributed by atoms with Gasteiger partial charge in [0.05, 0.1) is 34.4 Å². The van der Waals surface area contributed by atoms with E-state index >= 15 is 0 Å². The summed E-state index contributed by atoms with van der Waals surface area (Å²) in [4.78, 5) is 37.7. The van der Waals surface area contributed by atoms with Gasteiger partial charge in [0.1, 0.15) is 13.2 Å². The Bertz CT molecular complexity index is 1490. The molecular formula is C76H144NO8+. The lowest BCUT2D eigenvalue weighted by Crippen LogP contribution is -2.40. The summed E-state index contributed by atoms with van der Waals surface area (Å²) in [5.74, 6) is -1.97. The van der Waals surface area contributed by atoms with Crippen LogP contribution in [0.1, 0.15) is 373 Å². The lowest BCUT2D eigenvalue weighted by Gasteiger charge is -2.25. The summed E-state index contributed by atoms with van der Waals surface area (Å²) < 4.78 is 23.0. The van der Waals surface area contributed by atoms with Gasteiger partial charge in [-0.25, -0.2) is 4.79 Å². The van der Waals surface area contributed by atoms with Crippen LogP contribution >= 0.6 is 0 Å². The molecule has 0 radical (unpaired) electrons. The molecule has 0 aromatic rings. The van der Waals surface area contributed by atoms with E-state index in [1.807, 2.05) is 21.1 Å². The van der Waals surface area contributed by atoms with Crippen LogP contribution in [0.15, 0.2) is 36.5 Å². The van der Waals surface area contributed by atoms with Crippen molar-refractivity contribution in [3.05, 3.63) is 36.5 Å². The molecule has 9 nitrogen and oxygen atoms in total. The molecule has 2 atom stereocenters. The van der Waals surface area contributed by atoms with E-state index in [1.54, 1.807) is 0 Å². The molecule has 2 unspecified atom stereocenters. The summed E-state index contributed by atoms with van der Waals surface area (Å²) in [6.45, 7) is 4.94. The van der Waals surface area contributed by atoms with Crippen LogP contribution in [0.4, 0.5) is 0 Å². The van der Waals surface area contributed by atoms with Crippen LogP contribution in [0.2, 0.25) is 0 Å². The molecular weight excluding hydrogens is 1050 g/mol. The lowest BCUT2D eigenvalue weighted by atomic mass is 10.0. The number of rotatable bonds is 70. The van der Waals surface area contributed by atoms with Crippen molar-refractivity contribution < 1.29 is 42.9 Å². The second-order valence-electron chi connectivity index (χ2n) is 26.6. The number of nitrogens with zero attached hydrogens (tertiary/aromatic N) is 1. The number of hydrogen-bond donors (Lipinski definition) is 1. The van der Waals surface area contributed by atoms with Crippen LogP contribution in [0, 0.1) is 0 Å². The maximum atomic E-state index is 13.0. The van der Waals surface area contributed by atoms with Gasteiger partial charge >= 0.3 is 17.9 Å². The summed E-state index contributed by atoms with van der Waals surface area (Å²) in [5, 5.41) is 9.76. The van der Waals surface area contributed by atoms with Gasteiger partial charge in [-0.1, -0.05) is 346 Å². The number of allylic oxidation sites excluding steroid dienone is 6. The van der Waals surface area contributed by atoms with Gasteiger partial charge in [0.2, 0.25) is 0 Å². The van der Waals surface area contributed by atoms with Crippen molar-refractivity contribution in [2.75, 3.05) is 47.5 Å². The summed E-state index contributed by atoms with van der Waals surface area (Å²) in [6.07, 6.45) is 82.8. The Labute approximate surface area is 528 Å². The second kappa shape index (κ2) is 67.4. The minimum absolute atomic E-state index is 0.175. The Morgan fingerprint density at radius 1 is 0.353 bits per heavy atom. The van der Waals surface area contributed by atoms with Crippen molar-refractivity contribution in [3.8, 4) is 0 Å². The lowest BCUT2D eigenvalue weighted by molar-refractivity contribution is -0.870. The van der Waals surface area contributed by atoms with Crippen molar-refractivity contribution in [1.29, 1.82) is 0 Å². The van der Waals surface area contributed by atoms with Crippen LogP contribution in [-0.4, -0.2) is 87.4 Å². The van der Waals surface area contributed by atoms with E-state index in [1.165, 1.54) is 295 Å². The number of aliphatic carboxylic acids is 1. The van der Waals surface area contributed by atoms with E-state index in [2.05, 4.69) is 50.3 Å². The summed E-state index contributed by atoms with van der Waals surface area (Å²) >= 11 is 0. The first-order valence-electron chi connectivity index (χ1n) is 37.2. The van der Waals surface area contributed by atoms with Crippen LogP contribution < -0.4 is 0 Å². The van der Waals surface area contributed by atoms with Gasteiger partial charge in [-0.05, 0) is 51.4 Å². The normalized spacial score (nSPS) is 12.8. The monoisotopic (exact) mass is 1200 g/mol. The Hall–Kier alpha value is -2.49. The molecule has 0 aromatic heterocycles. The molecule has 0 amide bonds. The Kier molecular flexibility index (Phi) is 65.5. The fourth-order valence-corrected chi connectivity index (χ4v) is 11.2. The zero-order valence-corrected chi connectivity index (χ0v) is 57.3. The first kappa shape index (κ1) is 82.5. The SMILES string of the molecule is CCCCCCC/C=C\C/C=C\C/C=C\CCCCCCCCCCCCCCCCCCCCC(=O)OC(COC(=O)CCCCCCCCCCCCCCCCCCCCCCCCCCCCC)COC(OCC[N+](C)(C)C)C(=O)O. The molecule has 0 saturated heterocycles. The average molecular weight is 1200 g/mol. The number of carbonyl (C=O) groups excluding carboxylic acids is 2. The molecule has 0 aliphatic carbocycles. The molecule has 1 N–H and O–H groups in total. The van der Waals surface area contributed by atoms with Crippen LogP contribution in [0.5, 0.6) is 0 Å². The predicted molar refractivity (Wildman–Crippen MR) is 364 cm³/mol. The van der Waals surface area contributed by atoms with E-state index in [4.69, 9.17) is 18.9 Å². The number of carbonyl (C=O) groups is 3. The number of likely N-dealkylation sites (N-methyl/N-ethyl adjacent to an activating group) is 1. The number of esters is 2. The minimum atomic E-state index is -1.51. The molecule has 0 heterocycles. The fraction of sp³-hybridized carbons (Fsp3) is 0.882. The topological polar surface area (TPSA) is 108 Å². The third kappa shape index (κ3) is 68.9. The van der Waals surface area contributed by atoms with Gasteiger partial charge in [-0.15, -0.1) is 0 Å². The zero-order valence-electron chi connectivity index (χ0n) is 57.3. The standard InChI is InChI=1S/C76H143NO8/c1-6-8-10-12-14-16-18-20-22-24-26-28-30-32-34-35-36-37-38-39-41-43-45-47-49-51-53-55-57-59-61-63-65-67-74(79)85-72(71-84-76(75(80)81)82-69-68-77(3,4)5)70-83-73(78)66-64-62-60-58-56-54-52-50-48-46-44-42-40-33-31-29-27-25-23-21-19-17-15-13-11-9-7-2/h18,20,24,26,30,32,72,76H,6-17,19,21-23,25,27-29,31,33-71H2,1-5H3/p+1/b20-18-,26-24-,32-30-. The Balaban J connectivity index is 4.03. The highest BCUT2D eigenvalue weighted by Crippen LogP contribution is 2.19. The summed E-state index contributed by atoms with van der Waals surface area (Å²) in [5.41, 5.74) is 0. The first-order valence-corrected chi connectivity index (χ1v) is 37.2. The highest BCUT2D eigenvalue weighted by Gasteiger charge is 2.25. The van der Waals surface area contributed by atoms with E-state index < -0.39 is 18.4 Å². The molecule has 0 fully saturated rings. The highest BCUT2D eigenvalue weighted by molar-refractivity contribution is 5.71. The van der Waals surface area contributed by atoms with Crippen molar-refractivity contribution in [2.24, 2.45) is 0 Å². The fourth-order valence-electron chi connectivity index (χ4n) is 11.2. The van der Waals surface area contributed by atoms with Crippen LogP contribution in [0.25, 0.3) is 0 Å². The molecule has 0 saturated carbocycles. The molecule has 0 bridgehead atoms. The number of carboxylic acid groups (broad SMARTS) is 1.